The van der Waals surface area contributed by atoms with Crippen LogP contribution in [0.1, 0.15) is 13.3 Å². The van der Waals surface area contributed by atoms with Crippen molar-refractivity contribution < 1.29 is 0 Å². The molecule has 0 atom stereocenters. The number of hydrogen-bond acceptors (Lipinski definition) is 1. The maximum atomic E-state index is 4.08. The zero-order valence-electron chi connectivity index (χ0n) is 5.34. The van der Waals surface area contributed by atoms with Gasteiger partial charge in [0.05, 0.1) is 6.20 Å². The minimum absolute atomic E-state index is 0.994. The molecule has 1 heterocycles. The van der Waals surface area contributed by atoms with E-state index in [1.54, 1.807) is 6.20 Å². The van der Waals surface area contributed by atoms with Crippen molar-refractivity contribution >= 4 is 15.9 Å². The zero-order chi connectivity index (χ0) is 6.69. The molecule has 1 aromatic rings. The van der Waals surface area contributed by atoms with Crippen molar-refractivity contribution in [2.45, 2.75) is 19.9 Å². The fourth-order valence-corrected chi connectivity index (χ4v) is 1.08. The van der Waals surface area contributed by atoms with E-state index in [1.165, 1.54) is 0 Å². The molecule has 0 saturated heterocycles. The largest absolute Gasteiger partial charge is 0.259 e. The molecule has 50 valence electrons. The van der Waals surface area contributed by atoms with Crippen molar-refractivity contribution in [3.8, 4) is 0 Å². The molecule has 0 N–H and O–H groups in total. The summed E-state index contributed by atoms with van der Waals surface area (Å²) in [6.07, 6.45) is 2.92. The molecule has 9 heavy (non-hydrogen) atoms. The van der Waals surface area contributed by atoms with Crippen molar-refractivity contribution in [1.29, 1.82) is 0 Å². The molecule has 3 heteroatoms. The average molecular weight is 189 g/mol. The number of halogens is 1. The van der Waals surface area contributed by atoms with Gasteiger partial charge in [-0.3, -0.25) is 4.68 Å². The Kier molecular flexibility index (Phi) is 2.28. The molecule has 0 bridgehead atoms. The summed E-state index contributed by atoms with van der Waals surface area (Å²) in [4.78, 5) is 0. The first-order valence-corrected chi connectivity index (χ1v) is 3.81. The van der Waals surface area contributed by atoms with Crippen molar-refractivity contribution in [3.05, 3.63) is 16.9 Å². The van der Waals surface area contributed by atoms with E-state index in [0.29, 0.717) is 0 Å². The monoisotopic (exact) mass is 188 g/mol. The van der Waals surface area contributed by atoms with E-state index in [-0.39, 0.29) is 0 Å². The first-order chi connectivity index (χ1) is 4.34. The highest BCUT2D eigenvalue weighted by Crippen LogP contribution is 2.07. The molecule has 1 aromatic heterocycles. The first kappa shape index (κ1) is 6.81. The van der Waals surface area contributed by atoms with E-state index in [0.717, 1.165) is 17.6 Å². The van der Waals surface area contributed by atoms with Crippen LogP contribution in [0.15, 0.2) is 16.9 Å². The van der Waals surface area contributed by atoms with Crippen molar-refractivity contribution in [3.63, 3.8) is 0 Å². The van der Waals surface area contributed by atoms with E-state index in [2.05, 4.69) is 28.0 Å². The van der Waals surface area contributed by atoms with Crippen molar-refractivity contribution in [1.82, 2.24) is 9.78 Å². The normalized spacial score (nSPS) is 10.0. The summed E-state index contributed by atoms with van der Waals surface area (Å²) in [5.74, 6) is 0. The van der Waals surface area contributed by atoms with Crippen LogP contribution in [0.25, 0.3) is 0 Å². The predicted octanol–water partition coefficient (Wildman–Crippen LogP) is 2.06. The molecular formula is C6H9BrN2. The highest BCUT2D eigenvalue weighted by molar-refractivity contribution is 9.10. The Morgan fingerprint density at radius 2 is 2.56 bits per heavy atom. The van der Waals surface area contributed by atoms with Gasteiger partial charge in [-0.25, -0.2) is 0 Å². The van der Waals surface area contributed by atoms with Gasteiger partial charge < -0.3 is 0 Å². The van der Waals surface area contributed by atoms with Crippen LogP contribution in [0.4, 0.5) is 0 Å². The van der Waals surface area contributed by atoms with E-state index >= 15 is 0 Å². The molecule has 1 rings (SSSR count). The summed E-state index contributed by atoms with van der Waals surface area (Å²) in [5, 5.41) is 4.08. The maximum absolute atomic E-state index is 4.08. The lowest BCUT2D eigenvalue weighted by molar-refractivity contribution is 0.591. The van der Waals surface area contributed by atoms with E-state index < -0.39 is 0 Å². The second kappa shape index (κ2) is 3.01. The van der Waals surface area contributed by atoms with Gasteiger partial charge in [0.15, 0.2) is 0 Å². The molecule has 0 saturated carbocycles. The summed E-state index contributed by atoms with van der Waals surface area (Å²) in [6, 6.07) is 1.94. The van der Waals surface area contributed by atoms with Gasteiger partial charge in [0, 0.05) is 6.54 Å². The minimum atomic E-state index is 0.994. The molecule has 0 aliphatic carbocycles. The fraction of sp³-hybridized carbons (Fsp3) is 0.500. The Morgan fingerprint density at radius 1 is 1.78 bits per heavy atom. The second-order valence-electron chi connectivity index (χ2n) is 1.88. The second-order valence-corrected chi connectivity index (χ2v) is 2.69. The summed E-state index contributed by atoms with van der Waals surface area (Å²) in [5.41, 5.74) is 0. The molecule has 0 aromatic carbocycles. The smallest absolute Gasteiger partial charge is 0.104 e. The predicted molar refractivity (Wildman–Crippen MR) is 40.2 cm³/mol. The van der Waals surface area contributed by atoms with Gasteiger partial charge >= 0.3 is 0 Å². The SMILES string of the molecule is CCCn1nccc1Br. The minimum Gasteiger partial charge on any atom is -0.259 e. The Bertz CT molecular complexity index is 183. The maximum Gasteiger partial charge on any atom is 0.104 e. The third kappa shape index (κ3) is 1.55. The van der Waals surface area contributed by atoms with Gasteiger partial charge in [-0.15, -0.1) is 0 Å². The molecule has 0 aliphatic rings. The molecule has 0 unspecified atom stereocenters. The molecule has 0 amide bonds. The number of aromatic nitrogens is 2. The third-order valence-electron chi connectivity index (χ3n) is 1.10. The van der Waals surface area contributed by atoms with E-state index in [1.807, 2.05) is 10.7 Å². The summed E-state index contributed by atoms with van der Waals surface area (Å²) >= 11 is 3.37. The van der Waals surface area contributed by atoms with Crippen LogP contribution in [0, 0.1) is 0 Å². The number of nitrogens with zero attached hydrogens (tertiary/aromatic N) is 2. The average Bonchev–Trinajstić information content (AvgIpc) is 2.18. The van der Waals surface area contributed by atoms with Gasteiger partial charge in [-0.1, -0.05) is 6.92 Å². The standard InChI is InChI=1S/C6H9BrN2/c1-2-5-9-6(7)3-4-8-9/h3-4H,2,5H2,1H3. The molecule has 0 fully saturated rings. The lowest BCUT2D eigenvalue weighted by Crippen LogP contribution is -1.97. The molecular weight excluding hydrogens is 180 g/mol. The zero-order valence-corrected chi connectivity index (χ0v) is 6.93. The van der Waals surface area contributed by atoms with Crippen LogP contribution in [-0.2, 0) is 6.54 Å². The lowest BCUT2D eigenvalue weighted by atomic mass is 10.5. The summed E-state index contributed by atoms with van der Waals surface area (Å²) < 4.78 is 2.99. The fourth-order valence-electron chi connectivity index (χ4n) is 0.693. The number of hydrogen-bond donors (Lipinski definition) is 0. The van der Waals surface area contributed by atoms with Crippen LogP contribution in [-0.4, -0.2) is 9.78 Å². The summed E-state index contributed by atoms with van der Waals surface area (Å²) in [6.45, 7) is 3.13. The molecule has 0 aliphatic heterocycles. The summed E-state index contributed by atoms with van der Waals surface area (Å²) in [7, 11) is 0. The Morgan fingerprint density at radius 3 is 3.00 bits per heavy atom. The highest BCUT2D eigenvalue weighted by Gasteiger charge is 1.93. The Balaban J connectivity index is 2.69. The Labute approximate surface area is 63.0 Å². The van der Waals surface area contributed by atoms with Gasteiger partial charge in [0.2, 0.25) is 0 Å². The van der Waals surface area contributed by atoms with Gasteiger partial charge in [0.1, 0.15) is 4.60 Å². The van der Waals surface area contributed by atoms with Crippen molar-refractivity contribution in [2.24, 2.45) is 0 Å². The van der Waals surface area contributed by atoms with E-state index in [4.69, 9.17) is 0 Å². The van der Waals surface area contributed by atoms with Gasteiger partial charge in [-0.2, -0.15) is 5.10 Å². The molecule has 0 spiro atoms. The van der Waals surface area contributed by atoms with Crippen LogP contribution >= 0.6 is 15.9 Å². The highest BCUT2D eigenvalue weighted by atomic mass is 79.9. The van der Waals surface area contributed by atoms with Crippen LogP contribution in [0.3, 0.4) is 0 Å². The van der Waals surface area contributed by atoms with Crippen molar-refractivity contribution in [2.75, 3.05) is 0 Å². The molecule has 2 nitrogen and oxygen atoms in total. The topological polar surface area (TPSA) is 17.8 Å². The van der Waals surface area contributed by atoms with Crippen LogP contribution in [0.2, 0.25) is 0 Å². The quantitative estimate of drug-likeness (QED) is 0.696. The lowest BCUT2D eigenvalue weighted by Gasteiger charge is -1.97. The number of aryl methyl sites for hydroxylation is 1. The van der Waals surface area contributed by atoms with Crippen LogP contribution < -0.4 is 0 Å². The van der Waals surface area contributed by atoms with Crippen LogP contribution in [0.5, 0.6) is 0 Å². The van der Waals surface area contributed by atoms with Gasteiger partial charge in [-0.05, 0) is 28.4 Å². The molecule has 0 radical (unpaired) electrons. The van der Waals surface area contributed by atoms with E-state index in [9.17, 15) is 0 Å². The number of rotatable bonds is 2. The van der Waals surface area contributed by atoms with Gasteiger partial charge in [0.25, 0.3) is 0 Å². The third-order valence-corrected chi connectivity index (χ3v) is 1.77. The first-order valence-electron chi connectivity index (χ1n) is 3.02. The Hall–Kier alpha value is -0.310.